The fourth-order valence-electron chi connectivity index (χ4n) is 5.49. The molecule has 0 fully saturated rings. The van der Waals surface area contributed by atoms with Crippen LogP contribution in [-0.2, 0) is 41.4 Å². The van der Waals surface area contributed by atoms with E-state index in [0.717, 1.165) is 30.3 Å². The molecule has 0 saturated carbocycles. The van der Waals surface area contributed by atoms with Gasteiger partial charge in [0.2, 0.25) is 12.4 Å². The number of phenolic OH excluding ortho intramolecular Hbond substituents is 7. The standard InChI is InChI=1S/C36H32O16/c37-16-49-30(14-18-2-7-22(39)26(43)12-18)51-29(45)10-5-19-3-9-24(41)34-31(19)32(33(52-34)20-4-8-23(40)27(44)15-20)36(48)50-28(35(46)47)13-17-1-6-21(38)25(42)11-17/h1-12,15,28,30,32-33,37-44H,13-14,16H2,(H,46,47)/t28?,30-,32+,33-/m1/s1. The van der Waals surface area contributed by atoms with Crippen molar-refractivity contribution in [2.75, 3.05) is 6.79 Å². The zero-order valence-electron chi connectivity index (χ0n) is 26.8. The van der Waals surface area contributed by atoms with Crippen LogP contribution in [0.1, 0.15) is 39.8 Å². The number of phenols is 7. The molecule has 272 valence electrons. The number of esters is 2. The fourth-order valence-corrected chi connectivity index (χ4v) is 5.49. The average Bonchev–Trinajstić information content (AvgIpc) is 3.51. The molecule has 52 heavy (non-hydrogen) atoms. The Morgan fingerprint density at radius 3 is 1.87 bits per heavy atom. The van der Waals surface area contributed by atoms with E-state index in [0.29, 0.717) is 5.56 Å². The number of ether oxygens (including phenoxy) is 4. The maximum absolute atomic E-state index is 14.0. The highest BCUT2D eigenvalue weighted by molar-refractivity contribution is 5.90. The first-order valence-electron chi connectivity index (χ1n) is 15.4. The minimum atomic E-state index is -1.82. The monoisotopic (exact) mass is 720 g/mol. The van der Waals surface area contributed by atoms with Crippen LogP contribution in [-0.4, -0.2) is 83.1 Å². The molecule has 4 aromatic carbocycles. The van der Waals surface area contributed by atoms with E-state index in [1.54, 1.807) is 0 Å². The van der Waals surface area contributed by atoms with E-state index in [1.807, 2.05) is 0 Å². The van der Waals surface area contributed by atoms with Gasteiger partial charge in [-0.2, -0.15) is 0 Å². The van der Waals surface area contributed by atoms with Gasteiger partial charge in [0.05, 0.1) is 0 Å². The highest BCUT2D eigenvalue weighted by Crippen LogP contribution is 2.53. The lowest BCUT2D eigenvalue weighted by Gasteiger charge is -2.22. The molecule has 0 aliphatic carbocycles. The summed E-state index contributed by atoms with van der Waals surface area (Å²) in [6.45, 7) is -0.836. The van der Waals surface area contributed by atoms with Crippen molar-refractivity contribution in [1.82, 2.24) is 0 Å². The Hall–Kier alpha value is -6.65. The summed E-state index contributed by atoms with van der Waals surface area (Å²) in [5.41, 5.74) is 0.760. The first-order chi connectivity index (χ1) is 24.7. The number of aliphatic hydroxyl groups is 1. The molecule has 0 spiro atoms. The third kappa shape index (κ3) is 8.20. The number of carboxylic acid groups (broad SMARTS) is 1. The van der Waals surface area contributed by atoms with E-state index in [1.165, 1.54) is 48.5 Å². The molecule has 0 saturated heterocycles. The topological polar surface area (TPSA) is 270 Å². The number of fused-ring (bicyclic) bond motifs is 1. The number of aliphatic carboxylic acids is 1. The Kier molecular flexibility index (Phi) is 10.9. The summed E-state index contributed by atoms with van der Waals surface area (Å²) in [5, 5.41) is 88.9. The first kappa shape index (κ1) is 36.6. The van der Waals surface area contributed by atoms with E-state index in [-0.39, 0.29) is 40.2 Å². The highest BCUT2D eigenvalue weighted by Gasteiger charge is 2.46. The van der Waals surface area contributed by atoms with Gasteiger partial charge in [0, 0.05) is 24.5 Å². The third-order valence-electron chi connectivity index (χ3n) is 7.99. The number of carbonyl (C=O) groups is 3. The number of rotatable bonds is 13. The maximum atomic E-state index is 14.0. The second kappa shape index (κ2) is 15.5. The number of aliphatic hydroxyl groups excluding tert-OH is 1. The van der Waals surface area contributed by atoms with Gasteiger partial charge < -0.3 is 64.9 Å². The molecule has 9 N–H and O–H groups in total. The maximum Gasteiger partial charge on any atom is 0.345 e. The van der Waals surface area contributed by atoms with Crippen LogP contribution in [0.5, 0.6) is 46.0 Å². The van der Waals surface area contributed by atoms with Crippen molar-refractivity contribution < 1.29 is 79.3 Å². The van der Waals surface area contributed by atoms with Crippen LogP contribution in [0.2, 0.25) is 0 Å². The normalized spacial score (nSPS) is 16.1. The molecule has 0 amide bonds. The van der Waals surface area contributed by atoms with Crippen molar-refractivity contribution in [1.29, 1.82) is 0 Å². The van der Waals surface area contributed by atoms with Gasteiger partial charge in [-0.25, -0.2) is 9.59 Å². The zero-order chi connectivity index (χ0) is 37.7. The zero-order valence-corrected chi connectivity index (χ0v) is 26.8. The van der Waals surface area contributed by atoms with Crippen molar-refractivity contribution >= 4 is 24.0 Å². The summed E-state index contributed by atoms with van der Waals surface area (Å²) in [5.74, 6) is -8.79. The van der Waals surface area contributed by atoms with Crippen molar-refractivity contribution in [2.24, 2.45) is 0 Å². The molecule has 0 aromatic heterocycles. The highest BCUT2D eigenvalue weighted by atomic mass is 16.7. The van der Waals surface area contributed by atoms with Gasteiger partial charge in [-0.15, -0.1) is 0 Å². The SMILES string of the molecule is O=C(C=Cc1ccc(O)c2c1[C@H](C(=O)OC(Cc1ccc(O)c(O)c1)C(=O)O)[C@@H](c1ccc(O)c(O)c1)O2)O[C@H](Cc1ccc(O)c(O)c1)OCO. The molecule has 1 aliphatic rings. The largest absolute Gasteiger partial charge is 0.504 e. The van der Waals surface area contributed by atoms with Crippen LogP contribution >= 0.6 is 0 Å². The average molecular weight is 721 g/mol. The molecular weight excluding hydrogens is 688 g/mol. The number of carbonyl (C=O) groups excluding carboxylic acids is 2. The molecule has 1 unspecified atom stereocenters. The van der Waals surface area contributed by atoms with Gasteiger partial charge in [-0.05, 0) is 70.8 Å². The van der Waals surface area contributed by atoms with E-state index in [4.69, 9.17) is 18.9 Å². The van der Waals surface area contributed by atoms with Gasteiger partial charge >= 0.3 is 17.9 Å². The minimum absolute atomic E-state index is 0.0410. The van der Waals surface area contributed by atoms with Crippen molar-refractivity contribution in [2.45, 2.75) is 37.3 Å². The van der Waals surface area contributed by atoms with Crippen LogP contribution < -0.4 is 4.74 Å². The molecule has 1 aliphatic heterocycles. The van der Waals surface area contributed by atoms with Gasteiger partial charge in [-0.1, -0.05) is 24.3 Å². The lowest BCUT2D eigenvalue weighted by atomic mass is 9.87. The summed E-state index contributed by atoms with van der Waals surface area (Å²) < 4.78 is 21.8. The van der Waals surface area contributed by atoms with E-state index in [2.05, 4.69) is 0 Å². The summed E-state index contributed by atoms with van der Waals surface area (Å²) in [4.78, 5) is 39.1. The number of carboxylic acids is 1. The summed E-state index contributed by atoms with van der Waals surface area (Å²) in [6, 6.07) is 13.5. The fraction of sp³-hybridized carbons (Fsp3) is 0.194. The Bertz CT molecular complexity index is 2020. The second-order valence-electron chi connectivity index (χ2n) is 11.5. The molecule has 0 radical (unpaired) electrons. The van der Waals surface area contributed by atoms with Crippen molar-refractivity contribution in [3.05, 3.63) is 101 Å². The number of hydrogen-bond acceptors (Lipinski definition) is 15. The van der Waals surface area contributed by atoms with Crippen LogP contribution in [0.4, 0.5) is 0 Å². The third-order valence-corrected chi connectivity index (χ3v) is 7.99. The van der Waals surface area contributed by atoms with Gasteiger partial charge in [0.1, 0.15) is 18.8 Å². The minimum Gasteiger partial charge on any atom is -0.504 e. The second-order valence-corrected chi connectivity index (χ2v) is 11.5. The smallest absolute Gasteiger partial charge is 0.345 e. The molecule has 1 heterocycles. The van der Waals surface area contributed by atoms with Crippen molar-refractivity contribution in [3.8, 4) is 46.0 Å². The van der Waals surface area contributed by atoms with Gasteiger partial charge in [0.15, 0.2) is 46.0 Å². The number of hydrogen-bond donors (Lipinski definition) is 9. The molecule has 4 atom stereocenters. The number of aromatic hydroxyl groups is 7. The Balaban J connectivity index is 1.46. The van der Waals surface area contributed by atoms with Crippen LogP contribution in [0.3, 0.4) is 0 Å². The Labute approximate surface area is 293 Å². The molecule has 16 heteroatoms. The molecule has 4 aromatic rings. The van der Waals surface area contributed by atoms with Crippen LogP contribution in [0.25, 0.3) is 6.08 Å². The summed E-state index contributed by atoms with van der Waals surface area (Å²) >= 11 is 0. The first-order valence-corrected chi connectivity index (χ1v) is 15.4. The van der Waals surface area contributed by atoms with E-state index in [9.17, 15) is 60.3 Å². The summed E-state index contributed by atoms with van der Waals surface area (Å²) in [7, 11) is 0. The molecule has 5 rings (SSSR count). The van der Waals surface area contributed by atoms with E-state index >= 15 is 0 Å². The molecule has 0 bridgehead atoms. The van der Waals surface area contributed by atoms with Crippen LogP contribution in [0.15, 0.2) is 72.8 Å². The quantitative estimate of drug-likeness (QED) is 0.0415. The van der Waals surface area contributed by atoms with E-state index < -0.39 is 90.0 Å². The summed E-state index contributed by atoms with van der Waals surface area (Å²) in [6.07, 6.45) is -2.96. The molecular formula is C36H32O16. The Morgan fingerprint density at radius 2 is 1.29 bits per heavy atom. The predicted octanol–water partition coefficient (Wildman–Crippen LogP) is 3.17. The van der Waals surface area contributed by atoms with Gasteiger partial charge in [-0.3, -0.25) is 4.79 Å². The number of benzene rings is 4. The lowest BCUT2D eigenvalue weighted by Crippen LogP contribution is -2.32. The molecule has 16 nitrogen and oxygen atoms in total. The van der Waals surface area contributed by atoms with Crippen LogP contribution in [0, 0.1) is 0 Å². The Morgan fingerprint density at radius 1 is 0.712 bits per heavy atom. The lowest BCUT2D eigenvalue weighted by molar-refractivity contribution is -0.189. The van der Waals surface area contributed by atoms with Crippen molar-refractivity contribution in [3.63, 3.8) is 0 Å². The predicted molar refractivity (Wildman–Crippen MR) is 176 cm³/mol. The van der Waals surface area contributed by atoms with Gasteiger partial charge in [0.25, 0.3) is 0 Å².